The lowest BCUT2D eigenvalue weighted by Gasteiger charge is -2.42. The van der Waals surface area contributed by atoms with E-state index in [0.29, 0.717) is 0 Å². The van der Waals surface area contributed by atoms with E-state index < -0.39 is 0 Å². The van der Waals surface area contributed by atoms with Crippen LogP contribution in [0.4, 0.5) is 0 Å². The second-order valence-electron chi connectivity index (χ2n) is 5.91. The van der Waals surface area contributed by atoms with Crippen molar-refractivity contribution >= 4 is 5.71 Å². The van der Waals surface area contributed by atoms with Crippen LogP contribution in [0.1, 0.15) is 36.1 Å². The van der Waals surface area contributed by atoms with Crippen LogP contribution >= 0.6 is 0 Å². The molecule has 0 bridgehead atoms. The van der Waals surface area contributed by atoms with Gasteiger partial charge in [-0.15, -0.1) is 6.58 Å². The lowest BCUT2D eigenvalue weighted by Crippen LogP contribution is -2.40. The van der Waals surface area contributed by atoms with Crippen LogP contribution in [-0.4, -0.2) is 22.4 Å². The smallest absolute Gasteiger partial charge is 0.0608 e. The average molecular weight is 306 g/mol. The van der Waals surface area contributed by atoms with Crippen LogP contribution in [0.25, 0.3) is 0 Å². The van der Waals surface area contributed by atoms with Crippen LogP contribution < -0.4 is 0 Å². The van der Waals surface area contributed by atoms with Crippen LogP contribution in [0.3, 0.4) is 0 Å². The first-order valence-electron chi connectivity index (χ1n) is 8.00. The Kier molecular flexibility index (Phi) is 4.89. The topological polar surface area (TPSA) is 35.8 Å². The molecule has 23 heavy (non-hydrogen) atoms. The molecular formula is C20H22N2O. The SMILES string of the molecule is C=CCN1C(c2ccccc2)CC(=NO)CC1c1ccccc1. The van der Waals surface area contributed by atoms with E-state index in [9.17, 15) is 5.21 Å². The second kappa shape index (κ2) is 7.25. The molecule has 2 atom stereocenters. The number of piperidine rings is 1. The number of likely N-dealkylation sites (tertiary alicyclic amines) is 1. The van der Waals surface area contributed by atoms with Crippen LogP contribution in [0.15, 0.2) is 78.5 Å². The Morgan fingerprint density at radius 2 is 1.43 bits per heavy atom. The molecule has 0 aliphatic carbocycles. The van der Waals surface area contributed by atoms with E-state index in [1.54, 1.807) is 0 Å². The van der Waals surface area contributed by atoms with Gasteiger partial charge in [0.25, 0.3) is 0 Å². The van der Waals surface area contributed by atoms with Crippen molar-refractivity contribution in [2.24, 2.45) is 5.16 Å². The molecule has 3 nitrogen and oxygen atoms in total. The largest absolute Gasteiger partial charge is 0.411 e. The highest BCUT2D eigenvalue weighted by Gasteiger charge is 2.34. The third-order valence-corrected chi connectivity index (χ3v) is 4.51. The summed E-state index contributed by atoms with van der Waals surface area (Å²) >= 11 is 0. The molecular weight excluding hydrogens is 284 g/mol. The zero-order chi connectivity index (χ0) is 16.1. The van der Waals surface area contributed by atoms with Crippen LogP contribution in [0.5, 0.6) is 0 Å². The van der Waals surface area contributed by atoms with E-state index in [4.69, 9.17) is 0 Å². The summed E-state index contributed by atoms with van der Waals surface area (Å²) in [6, 6.07) is 21.2. The van der Waals surface area contributed by atoms with Crippen molar-refractivity contribution in [3.63, 3.8) is 0 Å². The van der Waals surface area contributed by atoms with Crippen molar-refractivity contribution in [3.8, 4) is 0 Å². The summed E-state index contributed by atoms with van der Waals surface area (Å²) in [5.74, 6) is 0. The van der Waals surface area contributed by atoms with Gasteiger partial charge >= 0.3 is 0 Å². The Morgan fingerprint density at radius 3 is 1.83 bits per heavy atom. The van der Waals surface area contributed by atoms with Gasteiger partial charge in [-0.25, -0.2) is 0 Å². The first kappa shape index (κ1) is 15.5. The normalized spacial score (nSPS) is 21.8. The van der Waals surface area contributed by atoms with Crippen molar-refractivity contribution in [3.05, 3.63) is 84.4 Å². The van der Waals surface area contributed by atoms with E-state index in [1.165, 1.54) is 11.1 Å². The minimum atomic E-state index is 0.194. The summed E-state index contributed by atoms with van der Waals surface area (Å²) in [5, 5.41) is 12.9. The first-order valence-corrected chi connectivity index (χ1v) is 8.00. The highest BCUT2D eigenvalue weighted by Crippen LogP contribution is 2.40. The molecule has 1 fully saturated rings. The maximum atomic E-state index is 9.39. The monoisotopic (exact) mass is 306 g/mol. The van der Waals surface area contributed by atoms with Gasteiger partial charge in [-0.3, -0.25) is 4.90 Å². The Morgan fingerprint density at radius 1 is 0.957 bits per heavy atom. The molecule has 0 aromatic heterocycles. The molecule has 1 aliphatic heterocycles. The second-order valence-corrected chi connectivity index (χ2v) is 5.91. The van der Waals surface area contributed by atoms with E-state index in [-0.39, 0.29) is 12.1 Å². The predicted molar refractivity (Wildman–Crippen MR) is 93.7 cm³/mol. The van der Waals surface area contributed by atoms with Gasteiger partial charge in [-0.2, -0.15) is 0 Å². The summed E-state index contributed by atoms with van der Waals surface area (Å²) in [5.41, 5.74) is 3.35. The number of oxime groups is 1. The summed E-state index contributed by atoms with van der Waals surface area (Å²) in [4.78, 5) is 2.45. The Hall–Kier alpha value is -2.39. The number of hydrogen-bond donors (Lipinski definition) is 1. The van der Waals surface area contributed by atoms with E-state index in [1.807, 2.05) is 18.2 Å². The van der Waals surface area contributed by atoms with E-state index >= 15 is 0 Å². The molecule has 2 unspecified atom stereocenters. The molecule has 1 saturated heterocycles. The molecule has 1 heterocycles. The highest BCUT2D eigenvalue weighted by atomic mass is 16.4. The molecule has 2 aromatic rings. The van der Waals surface area contributed by atoms with Crippen LogP contribution in [0, 0.1) is 0 Å². The van der Waals surface area contributed by atoms with Gasteiger partial charge in [0, 0.05) is 31.5 Å². The first-order chi connectivity index (χ1) is 11.3. The van der Waals surface area contributed by atoms with Gasteiger partial charge in [0.1, 0.15) is 0 Å². The molecule has 118 valence electrons. The Balaban J connectivity index is 2.01. The van der Waals surface area contributed by atoms with Crippen molar-refractivity contribution in [1.29, 1.82) is 0 Å². The van der Waals surface area contributed by atoms with Crippen LogP contribution in [-0.2, 0) is 0 Å². The minimum absolute atomic E-state index is 0.194. The average Bonchev–Trinajstić information content (AvgIpc) is 2.63. The molecule has 1 aliphatic rings. The number of rotatable bonds is 4. The molecule has 3 heteroatoms. The number of nitrogens with zero attached hydrogens (tertiary/aromatic N) is 2. The number of benzene rings is 2. The fourth-order valence-electron chi connectivity index (χ4n) is 3.44. The third-order valence-electron chi connectivity index (χ3n) is 4.51. The molecule has 0 radical (unpaired) electrons. The van der Waals surface area contributed by atoms with Crippen LogP contribution in [0.2, 0.25) is 0 Å². The van der Waals surface area contributed by atoms with E-state index in [2.05, 4.69) is 65.2 Å². The molecule has 1 N–H and O–H groups in total. The maximum Gasteiger partial charge on any atom is 0.0608 e. The summed E-state index contributed by atoms with van der Waals surface area (Å²) in [6.07, 6.45) is 3.45. The third kappa shape index (κ3) is 3.35. The van der Waals surface area contributed by atoms with Gasteiger partial charge < -0.3 is 5.21 Å². The number of hydrogen-bond acceptors (Lipinski definition) is 3. The van der Waals surface area contributed by atoms with Crippen molar-refractivity contribution in [2.45, 2.75) is 24.9 Å². The Labute approximate surface area is 137 Å². The zero-order valence-corrected chi connectivity index (χ0v) is 13.2. The predicted octanol–water partition coefficient (Wildman–Crippen LogP) is 4.58. The van der Waals surface area contributed by atoms with Gasteiger partial charge in [-0.05, 0) is 11.1 Å². The summed E-state index contributed by atoms with van der Waals surface area (Å²) in [7, 11) is 0. The Bertz CT molecular complexity index is 615. The molecule has 0 amide bonds. The maximum absolute atomic E-state index is 9.39. The highest BCUT2D eigenvalue weighted by molar-refractivity contribution is 5.86. The standard InChI is InChI=1S/C20H22N2O/c1-2-13-22-19(16-9-5-3-6-10-16)14-18(21-23)15-20(22)17-11-7-4-8-12-17/h2-12,19-20,23H,1,13-15H2. The fraction of sp³-hybridized carbons (Fsp3) is 0.250. The van der Waals surface area contributed by atoms with Crippen molar-refractivity contribution < 1.29 is 5.21 Å². The molecule has 3 rings (SSSR count). The van der Waals surface area contributed by atoms with Gasteiger partial charge in [-0.1, -0.05) is 71.9 Å². The summed E-state index contributed by atoms with van der Waals surface area (Å²) < 4.78 is 0. The van der Waals surface area contributed by atoms with Gasteiger partial charge in [0.2, 0.25) is 0 Å². The quantitative estimate of drug-likeness (QED) is 0.510. The fourth-order valence-corrected chi connectivity index (χ4v) is 3.44. The van der Waals surface area contributed by atoms with Crippen molar-refractivity contribution in [2.75, 3.05) is 6.54 Å². The van der Waals surface area contributed by atoms with E-state index in [0.717, 1.165) is 25.1 Å². The van der Waals surface area contributed by atoms with Gasteiger partial charge in [0.15, 0.2) is 0 Å². The lowest BCUT2D eigenvalue weighted by atomic mass is 9.86. The summed E-state index contributed by atoms with van der Waals surface area (Å²) in [6.45, 7) is 4.73. The molecule has 0 spiro atoms. The lowest BCUT2D eigenvalue weighted by molar-refractivity contribution is 0.138. The molecule has 0 saturated carbocycles. The van der Waals surface area contributed by atoms with Gasteiger partial charge in [0.05, 0.1) is 5.71 Å². The minimum Gasteiger partial charge on any atom is -0.411 e. The zero-order valence-electron chi connectivity index (χ0n) is 13.2. The van der Waals surface area contributed by atoms with Crippen molar-refractivity contribution in [1.82, 2.24) is 4.90 Å². The molecule has 2 aromatic carbocycles.